The van der Waals surface area contributed by atoms with Gasteiger partial charge in [0.15, 0.2) is 0 Å². The Morgan fingerprint density at radius 3 is 2.00 bits per heavy atom. The molecule has 0 bridgehead atoms. The zero-order valence-corrected chi connectivity index (χ0v) is 13.6. The summed E-state index contributed by atoms with van der Waals surface area (Å²) in [6.45, 7) is 0. The molecule has 24 heavy (non-hydrogen) atoms. The van der Waals surface area contributed by atoms with Crippen molar-refractivity contribution in [1.29, 1.82) is 0 Å². The molecule has 1 fully saturated rings. The Kier molecular flexibility index (Phi) is 4.30. The second-order valence-corrected chi connectivity index (χ2v) is 6.25. The summed E-state index contributed by atoms with van der Waals surface area (Å²) in [5, 5.41) is 2.10. The fraction of sp³-hybridized carbons (Fsp3) is 0.182. The highest BCUT2D eigenvalue weighted by atomic mass is 16.7. The summed E-state index contributed by atoms with van der Waals surface area (Å²) < 4.78 is 0. The lowest BCUT2D eigenvalue weighted by molar-refractivity contribution is 0.0836. The fourth-order valence-electron chi connectivity index (χ4n) is 3.37. The first-order valence-electron chi connectivity index (χ1n) is 8.50. The third kappa shape index (κ3) is 3.19. The minimum absolute atomic E-state index is 0.111. The Morgan fingerprint density at radius 1 is 0.750 bits per heavy atom. The first kappa shape index (κ1) is 15.0. The molecule has 0 N–H and O–H groups in total. The minimum atomic E-state index is 0.111. The van der Waals surface area contributed by atoms with Crippen LogP contribution in [0.25, 0.3) is 0 Å². The van der Waals surface area contributed by atoms with E-state index in [0.29, 0.717) is 6.04 Å². The van der Waals surface area contributed by atoms with Crippen LogP contribution >= 0.6 is 0 Å². The topological polar surface area (TPSA) is 12.5 Å². The summed E-state index contributed by atoms with van der Waals surface area (Å²) in [7, 11) is 0. The van der Waals surface area contributed by atoms with Crippen molar-refractivity contribution in [2.45, 2.75) is 25.0 Å². The third-order valence-electron chi connectivity index (χ3n) is 4.55. The van der Waals surface area contributed by atoms with Crippen LogP contribution in [0.15, 0.2) is 91.0 Å². The second-order valence-electron chi connectivity index (χ2n) is 6.25. The van der Waals surface area contributed by atoms with Gasteiger partial charge in [0.2, 0.25) is 0 Å². The molecule has 2 heteroatoms. The molecule has 1 aliphatic rings. The van der Waals surface area contributed by atoms with Crippen LogP contribution < -0.4 is 5.06 Å². The number of hydroxylamine groups is 1. The Labute approximate surface area is 143 Å². The van der Waals surface area contributed by atoms with Crippen molar-refractivity contribution in [2.24, 2.45) is 0 Å². The van der Waals surface area contributed by atoms with E-state index >= 15 is 0 Å². The van der Waals surface area contributed by atoms with Gasteiger partial charge in [0.05, 0.1) is 11.7 Å². The summed E-state index contributed by atoms with van der Waals surface area (Å²) in [6, 6.07) is 31.9. The molecule has 3 aromatic rings. The van der Waals surface area contributed by atoms with Gasteiger partial charge in [0.25, 0.3) is 0 Å². The Morgan fingerprint density at radius 2 is 1.33 bits per heavy atom. The highest BCUT2D eigenvalue weighted by Gasteiger charge is 2.34. The quantitative estimate of drug-likeness (QED) is 0.657. The molecule has 2 nitrogen and oxygen atoms in total. The van der Waals surface area contributed by atoms with E-state index in [1.54, 1.807) is 0 Å². The zero-order valence-electron chi connectivity index (χ0n) is 13.6. The van der Waals surface area contributed by atoms with Crippen molar-refractivity contribution >= 4 is 5.69 Å². The van der Waals surface area contributed by atoms with Gasteiger partial charge in [-0.25, -0.2) is 0 Å². The third-order valence-corrected chi connectivity index (χ3v) is 4.55. The van der Waals surface area contributed by atoms with Gasteiger partial charge in [-0.1, -0.05) is 78.9 Å². The maximum Gasteiger partial charge on any atom is 0.113 e. The van der Waals surface area contributed by atoms with E-state index in [2.05, 4.69) is 90.0 Å². The average molecular weight is 315 g/mol. The fourth-order valence-corrected chi connectivity index (χ4v) is 3.37. The minimum Gasteiger partial charge on any atom is -0.265 e. The van der Waals surface area contributed by atoms with E-state index in [1.807, 2.05) is 6.07 Å². The average Bonchev–Trinajstić information content (AvgIpc) is 3.08. The van der Waals surface area contributed by atoms with Gasteiger partial charge >= 0.3 is 0 Å². The standard InChI is InChI=1S/C22H21NO/c1-4-10-18(11-5-1)16-21-17-22(19-12-6-2-7-13-19)24-23(21)20-14-8-3-9-15-20/h1-15,21-22H,16-17H2/t21-,22-/m0/s1. The first-order valence-corrected chi connectivity index (χ1v) is 8.50. The van der Waals surface area contributed by atoms with E-state index in [0.717, 1.165) is 18.5 Å². The molecule has 0 spiro atoms. The lowest BCUT2D eigenvalue weighted by Crippen LogP contribution is -2.29. The monoisotopic (exact) mass is 315 g/mol. The molecule has 0 amide bonds. The Bertz CT molecular complexity index is 758. The van der Waals surface area contributed by atoms with E-state index in [4.69, 9.17) is 4.84 Å². The van der Waals surface area contributed by atoms with Crippen molar-refractivity contribution < 1.29 is 4.84 Å². The van der Waals surface area contributed by atoms with E-state index in [-0.39, 0.29) is 6.10 Å². The zero-order chi connectivity index (χ0) is 16.2. The predicted octanol–water partition coefficient (Wildman–Crippen LogP) is 5.18. The van der Waals surface area contributed by atoms with Crippen molar-refractivity contribution in [1.82, 2.24) is 0 Å². The maximum atomic E-state index is 6.35. The number of hydrogen-bond donors (Lipinski definition) is 0. The molecule has 0 aromatic heterocycles. The maximum absolute atomic E-state index is 6.35. The predicted molar refractivity (Wildman–Crippen MR) is 97.7 cm³/mol. The number of nitrogens with zero attached hydrogens (tertiary/aromatic N) is 1. The molecule has 120 valence electrons. The van der Waals surface area contributed by atoms with Crippen LogP contribution in [0.4, 0.5) is 5.69 Å². The number of hydrogen-bond acceptors (Lipinski definition) is 2. The van der Waals surface area contributed by atoms with Crippen LogP contribution in [-0.2, 0) is 11.3 Å². The van der Waals surface area contributed by atoms with Gasteiger partial charge in [-0.05, 0) is 29.7 Å². The van der Waals surface area contributed by atoms with Crippen molar-refractivity contribution in [2.75, 3.05) is 5.06 Å². The molecule has 3 aromatic carbocycles. The number of anilines is 1. The molecule has 1 aliphatic heterocycles. The van der Waals surface area contributed by atoms with Crippen LogP contribution in [0.3, 0.4) is 0 Å². The van der Waals surface area contributed by atoms with Gasteiger partial charge < -0.3 is 0 Å². The Hall–Kier alpha value is -2.58. The van der Waals surface area contributed by atoms with E-state index < -0.39 is 0 Å². The summed E-state index contributed by atoms with van der Waals surface area (Å²) in [5.74, 6) is 0. The summed E-state index contributed by atoms with van der Waals surface area (Å²) >= 11 is 0. The van der Waals surface area contributed by atoms with Gasteiger partial charge in [0, 0.05) is 6.42 Å². The molecule has 0 unspecified atom stereocenters. The summed E-state index contributed by atoms with van der Waals surface area (Å²) in [4.78, 5) is 6.35. The van der Waals surface area contributed by atoms with Crippen LogP contribution in [0, 0.1) is 0 Å². The molecule has 4 rings (SSSR count). The summed E-state index contributed by atoms with van der Waals surface area (Å²) in [5.41, 5.74) is 3.71. The molecule has 0 aliphatic carbocycles. The molecule has 1 heterocycles. The second kappa shape index (κ2) is 6.90. The van der Waals surface area contributed by atoms with Crippen molar-refractivity contribution in [3.8, 4) is 0 Å². The van der Waals surface area contributed by atoms with Gasteiger partial charge in [-0.2, -0.15) is 0 Å². The van der Waals surface area contributed by atoms with Gasteiger partial charge in [-0.3, -0.25) is 9.90 Å². The molecule has 0 saturated carbocycles. The van der Waals surface area contributed by atoms with E-state index in [9.17, 15) is 0 Å². The van der Waals surface area contributed by atoms with Crippen molar-refractivity contribution in [3.63, 3.8) is 0 Å². The van der Waals surface area contributed by atoms with Crippen molar-refractivity contribution in [3.05, 3.63) is 102 Å². The largest absolute Gasteiger partial charge is 0.265 e. The Balaban J connectivity index is 1.61. The SMILES string of the molecule is c1ccc(C[C@H]2C[C@@H](c3ccccc3)ON2c2ccccc2)cc1. The van der Waals surface area contributed by atoms with Crippen LogP contribution in [0.1, 0.15) is 23.7 Å². The lowest BCUT2D eigenvalue weighted by atomic mass is 9.98. The summed E-state index contributed by atoms with van der Waals surface area (Å²) in [6.07, 6.45) is 2.09. The number of para-hydroxylation sites is 1. The lowest BCUT2D eigenvalue weighted by Gasteiger charge is -2.25. The van der Waals surface area contributed by atoms with Gasteiger partial charge in [-0.15, -0.1) is 0 Å². The number of benzene rings is 3. The molecule has 0 radical (unpaired) electrons. The molecular weight excluding hydrogens is 294 g/mol. The highest BCUT2D eigenvalue weighted by molar-refractivity contribution is 5.46. The first-order chi connectivity index (χ1) is 11.9. The highest BCUT2D eigenvalue weighted by Crippen LogP contribution is 2.37. The van der Waals surface area contributed by atoms with Gasteiger partial charge in [0.1, 0.15) is 6.10 Å². The smallest absolute Gasteiger partial charge is 0.113 e. The normalized spacial score (nSPS) is 20.2. The molecular formula is C22H21NO. The number of rotatable bonds is 4. The van der Waals surface area contributed by atoms with Crippen LogP contribution in [-0.4, -0.2) is 6.04 Å². The van der Waals surface area contributed by atoms with E-state index in [1.165, 1.54) is 11.1 Å². The van der Waals surface area contributed by atoms with Crippen LogP contribution in [0.2, 0.25) is 0 Å². The molecule has 2 atom stereocenters. The van der Waals surface area contributed by atoms with Crippen LogP contribution in [0.5, 0.6) is 0 Å². The molecule has 1 saturated heterocycles.